The van der Waals surface area contributed by atoms with Crippen LogP contribution >= 0.6 is 7.60 Å². The average Bonchev–Trinajstić information content (AvgIpc) is 2.90. The molecule has 2 aliphatic rings. The predicted molar refractivity (Wildman–Crippen MR) is 106 cm³/mol. The summed E-state index contributed by atoms with van der Waals surface area (Å²) in [6.45, 7) is 6.82. The van der Waals surface area contributed by atoms with Crippen molar-refractivity contribution in [1.82, 2.24) is 4.31 Å². The number of hydrogen-bond donors (Lipinski definition) is 0. The minimum absolute atomic E-state index is 0.0349. The zero-order valence-corrected chi connectivity index (χ0v) is 18.8. The molecule has 0 N–H and O–H groups in total. The van der Waals surface area contributed by atoms with Crippen molar-refractivity contribution >= 4 is 23.4 Å². The van der Waals surface area contributed by atoms with Crippen LogP contribution in [0.4, 0.5) is 0 Å². The highest BCUT2D eigenvalue weighted by atomic mass is 32.2. The summed E-state index contributed by atoms with van der Waals surface area (Å²) in [5, 5.41) is 0. The van der Waals surface area contributed by atoms with Gasteiger partial charge in [-0.15, -0.1) is 0 Å². The van der Waals surface area contributed by atoms with E-state index in [9.17, 15) is 17.8 Å². The Kier molecular flexibility index (Phi) is 6.60. The topological polar surface area (TPSA) is 99.2 Å². The van der Waals surface area contributed by atoms with Crippen LogP contribution in [0.5, 0.6) is 0 Å². The largest absolute Gasteiger partial charge is 0.382 e. The van der Waals surface area contributed by atoms with Gasteiger partial charge in [-0.3, -0.25) is 9.36 Å². The second-order valence-electron chi connectivity index (χ2n) is 6.90. The van der Waals surface area contributed by atoms with E-state index in [1.807, 2.05) is 0 Å². The molecule has 8 nitrogen and oxygen atoms in total. The highest BCUT2D eigenvalue weighted by Crippen LogP contribution is 2.71. The van der Waals surface area contributed by atoms with E-state index >= 15 is 0 Å². The standard InChI is InChI=1S/C18H28NO7PS/c1-7-25-27(21,26-8-2)18(24-5)16(14(3)4)17(11-9-15(20)10-12-17)13-19(18)28(6,22)23/h9-12H,7-8,13H2,1-6H3. The van der Waals surface area contributed by atoms with Crippen molar-refractivity contribution in [1.29, 1.82) is 0 Å². The van der Waals surface area contributed by atoms with Gasteiger partial charge in [-0.1, -0.05) is 17.7 Å². The normalized spacial score (nSPS) is 25.1. The Bertz CT molecular complexity index is 860. The predicted octanol–water partition coefficient (Wildman–Crippen LogP) is 2.85. The summed E-state index contributed by atoms with van der Waals surface area (Å²) >= 11 is 0. The lowest BCUT2D eigenvalue weighted by atomic mass is 9.77. The molecule has 1 spiro atoms. The number of ketones is 1. The molecular formula is C18H28NO7PS. The van der Waals surface area contributed by atoms with Crippen LogP contribution in [-0.4, -0.2) is 57.1 Å². The lowest BCUT2D eigenvalue weighted by Crippen LogP contribution is -2.50. The summed E-state index contributed by atoms with van der Waals surface area (Å²) in [6.07, 6.45) is 7.02. The third kappa shape index (κ3) is 3.49. The second-order valence-corrected chi connectivity index (χ2v) is 10.9. The third-order valence-electron chi connectivity index (χ3n) is 4.78. The van der Waals surface area contributed by atoms with E-state index in [0.29, 0.717) is 11.1 Å². The highest BCUT2D eigenvalue weighted by Gasteiger charge is 2.70. The maximum atomic E-state index is 14.0. The summed E-state index contributed by atoms with van der Waals surface area (Å²) in [6, 6.07) is 0. The molecule has 10 heteroatoms. The molecule has 0 aromatic carbocycles. The first-order chi connectivity index (χ1) is 12.9. The molecule has 1 aliphatic carbocycles. The fourth-order valence-corrected chi connectivity index (χ4v) is 8.16. The Morgan fingerprint density at radius 1 is 1.18 bits per heavy atom. The Morgan fingerprint density at radius 3 is 2.04 bits per heavy atom. The number of allylic oxidation sites excluding steroid dienone is 3. The van der Waals surface area contributed by atoms with Crippen molar-refractivity contribution in [3.8, 4) is 0 Å². The van der Waals surface area contributed by atoms with Crippen LogP contribution in [0.1, 0.15) is 27.7 Å². The van der Waals surface area contributed by atoms with Gasteiger partial charge in [0.05, 0.1) is 19.5 Å². The average molecular weight is 433 g/mol. The molecule has 0 aromatic rings. The minimum Gasteiger partial charge on any atom is -0.349 e. The van der Waals surface area contributed by atoms with E-state index in [-0.39, 0.29) is 25.5 Å². The Labute approximate surface area is 166 Å². The molecule has 0 bridgehead atoms. The number of sulfonamides is 1. The van der Waals surface area contributed by atoms with Crippen LogP contribution < -0.4 is 0 Å². The number of ether oxygens (including phenoxy) is 1. The first-order valence-electron chi connectivity index (χ1n) is 8.97. The summed E-state index contributed by atoms with van der Waals surface area (Å²) in [5.74, 6) is -0.211. The van der Waals surface area contributed by atoms with E-state index in [2.05, 4.69) is 0 Å². The number of rotatable bonds is 7. The molecule has 1 unspecified atom stereocenters. The van der Waals surface area contributed by atoms with Crippen LogP contribution in [-0.2, 0) is 33.2 Å². The van der Waals surface area contributed by atoms with Crippen molar-refractivity contribution < 1.29 is 31.6 Å². The zero-order chi connectivity index (χ0) is 21.4. The van der Waals surface area contributed by atoms with Crippen LogP contribution in [0.15, 0.2) is 35.5 Å². The maximum absolute atomic E-state index is 14.0. The summed E-state index contributed by atoms with van der Waals surface area (Å²) in [7, 11) is -6.78. The van der Waals surface area contributed by atoms with Crippen molar-refractivity contribution in [3.63, 3.8) is 0 Å². The fraction of sp³-hybridized carbons (Fsp3) is 0.611. The first kappa shape index (κ1) is 23.2. The third-order valence-corrected chi connectivity index (χ3v) is 8.69. The molecule has 2 rings (SSSR count). The van der Waals surface area contributed by atoms with Crippen LogP contribution in [0.3, 0.4) is 0 Å². The number of methoxy groups -OCH3 is 1. The van der Waals surface area contributed by atoms with Gasteiger partial charge in [0, 0.05) is 24.6 Å². The zero-order valence-electron chi connectivity index (χ0n) is 17.1. The first-order valence-corrected chi connectivity index (χ1v) is 12.4. The van der Waals surface area contributed by atoms with E-state index in [1.165, 1.54) is 19.3 Å². The van der Waals surface area contributed by atoms with Gasteiger partial charge in [-0.25, -0.2) is 8.42 Å². The van der Waals surface area contributed by atoms with Gasteiger partial charge in [-0.2, -0.15) is 4.31 Å². The maximum Gasteiger partial charge on any atom is 0.382 e. The Balaban J connectivity index is 2.95. The molecule has 1 atom stereocenters. The monoisotopic (exact) mass is 433 g/mol. The molecule has 28 heavy (non-hydrogen) atoms. The van der Waals surface area contributed by atoms with Gasteiger partial charge in [0.2, 0.25) is 10.0 Å². The van der Waals surface area contributed by atoms with Crippen molar-refractivity contribution in [2.24, 2.45) is 5.41 Å². The highest BCUT2D eigenvalue weighted by molar-refractivity contribution is 7.88. The smallest absolute Gasteiger partial charge is 0.349 e. The van der Waals surface area contributed by atoms with Crippen molar-refractivity contribution in [2.75, 3.05) is 33.1 Å². The van der Waals surface area contributed by atoms with Gasteiger partial charge in [-0.05, 0) is 39.8 Å². The molecule has 158 valence electrons. The second kappa shape index (κ2) is 7.97. The van der Waals surface area contributed by atoms with Crippen molar-refractivity contribution in [3.05, 3.63) is 35.5 Å². The summed E-state index contributed by atoms with van der Waals surface area (Å²) < 4.78 is 57.5. The van der Waals surface area contributed by atoms with Crippen LogP contribution in [0, 0.1) is 5.41 Å². The number of carbonyl (C=O) groups excluding carboxylic acids is 1. The molecular weight excluding hydrogens is 405 g/mol. The molecule has 1 saturated heterocycles. The minimum atomic E-state index is -4.15. The molecule has 0 saturated carbocycles. The van der Waals surface area contributed by atoms with E-state index < -0.39 is 28.5 Å². The Morgan fingerprint density at radius 2 is 1.68 bits per heavy atom. The quantitative estimate of drug-likeness (QED) is 0.450. The van der Waals surface area contributed by atoms with Gasteiger partial charge in [0.25, 0.3) is 5.47 Å². The summed E-state index contributed by atoms with van der Waals surface area (Å²) in [4.78, 5) is 11.7. The van der Waals surface area contributed by atoms with E-state index in [0.717, 1.165) is 10.6 Å². The van der Waals surface area contributed by atoms with E-state index in [1.54, 1.807) is 39.8 Å². The molecule has 1 fully saturated rings. The van der Waals surface area contributed by atoms with Gasteiger partial charge < -0.3 is 13.8 Å². The molecule has 0 amide bonds. The Hall–Kier alpha value is -1.09. The molecule has 1 aliphatic heterocycles. The molecule has 1 heterocycles. The van der Waals surface area contributed by atoms with Gasteiger partial charge >= 0.3 is 7.60 Å². The fourth-order valence-electron chi connectivity index (χ4n) is 3.97. The lowest BCUT2D eigenvalue weighted by molar-refractivity contribution is -0.110. The number of hydrogen-bond acceptors (Lipinski definition) is 7. The van der Waals surface area contributed by atoms with Gasteiger partial charge in [0.15, 0.2) is 5.78 Å². The number of carbonyl (C=O) groups is 1. The van der Waals surface area contributed by atoms with Gasteiger partial charge in [0.1, 0.15) is 0 Å². The van der Waals surface area contributed by atoms with Crippen molar-refractivity contribution in [2.45, 2.75) is 33.2 Å². The molecule has 0 radical (unpaired) electrons. The summed E-state index contributed by atoms with van der Waals surface area (Å²) in [5.41, 5.74) is -1.87. The van der Waals surface area contributed by atoms with Crippen LogP contribution in [0.25, 0.3) is 0 Å². The number of nitrogens with zero attached hydrogens (tertiary/aromatic N) is 1. The van der Waals surface area contributed by atoms with Crippen LogP contribution in [0.2, 0.25) is 0 Å². The van der Waals surface area contributed by atoms with E-state index in [4.69, 9.17) is 13.8 Å². The SMILES string of the molecule is CCOP(=O)(OCC)C1(OC)C(=C(C)C)C2(C=CC(=O)C=C2)CN1S(C)(=O)=O. The molecule has 0 aromatic heterocycles. The lowest BCUT2D eigenvalue weighted by Gasteiger charge is -2.41.